The number of nitrogens with two attached hydrogens (primary N) is 1. The first-order chi connectivity index (χ1) is 8.49. The molecule has 0 fully saturated rings. The number of hydrogen-bond donors (Lipinski definition) is 2. The zero-order valence-corrected chi connectivity index (χ0v) is 11.3. The van der Waals surface area contributed by atoms with E-state index in [1.165, 1.54) is 0 Å². The smallest absolute Gasteiger partial charge is 0.321 e. The first kappa shape index (κ1) is 14.3. The Labute approximate surface area is 109 Å². The molecule has 1 aromatic rings. The van der Waals surface area contributed by atoms with Gasteiger partial charge in [-0.15, -0.1) is 0 Å². The molecule has 100 valence electrons. The van der Waals surface area contributed by atoms with Crippen LogP contribution in [0.4, 0.5) is 16.2 Å². The Morgan fingerprint density at radius 2 is 1.78 bits per heavy atom. The van der Waals surface area contributed by atoms with Crippen LogP contribution in [0.25, 0.3) is 0 Å². The van der Waals surface area contributed by atoms with E-state index in [0.717, 1.165) is 25.2 Å². The number of hydrogen-bond acceptors (Lipinski definition) is 3. The van der Waals surface area contributed by atoms with E-state index in [0.29, 0.717) is 5.69 Å². The van der Waals surface area contributed by atoms with Crippen molar-refractivity contribution in [2.45, 2.75) is 6.42 Å². The largest absolute Gasteiger partial charge is 0.399 e. The molecule has 0 aliphatic carbocycles. The molecule has 0 bridgehead atoms. The van der Waals surface area contributed by atoms with Crippen molar-refractivity contribution in [3.63, 3.8) is 0 Å². The van der Waals surface area contributed by atoms with Crippen molar-refractivity contribution in [1.82, 2.24) is 9.80 Å². The highest BCUT2D eigenvalue weighted by Crippen LogP contribution is 2.10. The summed E-state index contributed by atoms with van der Waals surface area (Å²) in [4.78, 5) is 15.6. The van der Waals surface area contributed by atoms with Crippen LogP contribution in [-0.4, -0.2) is 50.1 Å². The summed E-state index contributed by atoms with van der Waals surface area (Å²) in [6, 6.07) is 7.02. The minimum atomic E-state index is -0.0986. The van der Waals surface area contributed by atoms with Crippen molar-refractivity contribution >= 4 is 17.4 Å². The van der Waals surface area contributed by atoms with Crippen LogP contribution in [0.5, 0.6) is 0 Å². The molecule has 0 spiro atoms. The Balaban J connectivity index is 2.37. The molecule has 18 heavy (non-hydrogen) atoms. The molecule has 5 nitrogen and oxygen atoms in total. The fourth-order valence-corrected chi connectivity index (χ4v) is 1.51. The third kappa shape index (κ3) is 5.05. The predicted molar refractivity (Wildman–Crippen MR) is 75.7 cm³/mol. The van der Waals surface area contributed by atoms with Crippen molar-refractivity contribution < 1.29 is 4.79 Å². The SMILES string of the molecule is CN(C)CCCN(C)C(=O)Nc1ccc(N)cc1. The van der Waals surface area contributed by atoms with E-state index in [9.17, 15) is 4.79 Å². The summed E-state index contributed by atoms with van der Waals surface area (Å²) in [5.41, 5.74) is 7.03. The van der Waals surface area contributed by atoms with Crippen LogP contribution in [0.15, 0.2) is 24.3 Å². The average Bonchev–Trinajstić information content (AvgIpc) is 2.31. The lowest BCUT2D eigenvalue weighted by molar-refractivity contribution is 0.220. The van der Waals surface area contributed by atoms with Crippen LogP contribution in [0.1, 0.15) is 6.42 Å². The van der Waals surface area contributed by atoms with Gasteiger partial charge in [-0.05, 0) is 51.3 Å². The summed E-state index contributed by atoms with van der Waals surface area (Å²) in [7, 11) is 5.84. The Morgan fingerprint density at radius 3 is 2.33 bits per heavy atom. The molecule has 0 saturated carbocycles. The van der Waals surface area contributed by atoms with Crippen molar-refractivity contribution in [3.8, 4) is 0 Å². The number of carbonyl (C=O) groups is 1. The summed E-state index contributed by atoms with van der Waals surface area (Å²) in [5.74, 6) is 0. The number of nitrogen functional groups attached to an aromatic ring is 1. The van der Waals surface area contributed by atoms with Crippen molar-refractivity contribution in [1.29, 1.82) is 0 Å². The highest BCUT2D eigenvalue weighted by atomic mass is 16.2. The number of carbonyl (C=O) groups excluding carboxylic acids is 1. The summed E-state index contributed by atoms with van der Waals surface area (Å²) in [6.07, 6.45) is 0.957. The van der Waals surface area contributed by atoms with Crippen LogP contribution < -0.4 is 11.1 Å². The maximum atomic E-state index is 11.8. The lowest BCUT2D eigenvalue weighted by Crippen LogP contribution is -2.33. The van der Waals surface area contributed by atoms with Gasteiger partial charge in [0.25, 0.3) is 0 Å². The van der Waals surface area contributed by atoms with E-state index in [1.54, 1.807) is 36.2 Å². The van der Waals surface area contributed by atoms with Gasteiger partial charge in [0, 0.05) is 25.0 Å². The quantitative estimate of drug-likeness (QED) is 0.782. The lowest BCUT2D eigenvalue weighted by Gasteiger charge is -2.19. The van der Waals surface area contributed by atoms with Crippen molar-refractivity contribution in [2.75, 3.05) is 45.3 Å². The van der Waals surface area contributed by atoms with E-state index in [4.69, 9.17) is 5.73 Å². The van der Waals surface area contributed by atoms with E-state index in [1.807, 2.05) is 14.1 Å². The number of urea groups is 1. The number of nitrogens with zero attached hydrogens (tertiary/aromatic N) is 2. The summed E-state index contributed by atoms with van der Waals surface area (Å²) in [5, 5.41) is 2.82. The average molecular weight is 250 g/mol. The van der Waals surface area contributed by atoms with Gasteiger partial charge < -0.3 is 20.9 Å². The second-order valence-electron chi connectivity index (χ2n) is 4.63. The van der Waals surface area contributed by atoms with Crippen molar-refractivity contribution in [2.24, 2.45) is 0 Å². The van der Waals surface area contributed by atoms with Crippen LogP contribution in [-0.2, 0) is 0 Å². The molecule has 0 atom stereocenters. The molecule has 0 saturated heterocycles. The summed E-state index contributed by atoms with van der Waals surface area (Å²) >= 11 is 0. The van der Waals surface area contributed by atoms with E-state index >= 15 is 0 Å². The van der Waals surface area contributed by atoms with Gasteiger partial charge in [-0.2, -0.15) is 0 Å². The Morgan fingerprint density at radius 1 is 1.17 bits per heavy atom. The normalized spacial score (nSPS) is 10.4. The van der Waals surface area contributed by atoms with E-state index in [-0.39, 0.29) is 6.03 Å². The predicted octanol–water partition coefficient (Wildman–Crippen LogP) is 1.68. The molecule has 5 heteroatoms. The second kappa shape index (κ2) is 6.86. The topological polar surface area (TPSA) is 61.6 Å². The van der Waals surface area contributed by atoms with Gasteiger partial charge in [-0.3, -0.25) is 0 Å². The molecule has 0 aliphatic heterocycles. The first-order valence-electron chi connectivity index (χ1n) is 6.01. The maximum Gasteiger partial charge on any atom is 0.321 e. The fraction of sp³-hybridized carbons (Fsp3) is 0.462. The highest BCUT2D eigenvalue weighted by molar-refractivity contribution is 5.89. The van der Waals surface area contributed by atoms with Gasteiger partial charge in [0.1, 0.15) is 0 Å². The lowest BCUT2D eigenvalue weighted by atomic mass is 10.3. The van der Waals surface area contributed by atoms with Gasteiger partial charge in [0.05, 0.1) is 0 Å². The van der Waals surface area contributed by atoms with E-state index < -0.39 is 0 Å². The molecule has 0 aliphatic rings. The molecule has 2 amide bonds. The molecule has 0 aromatic heterocycles. The second-order valence-corrected chi connectivity index (χ2v) is 4.63. The zero-order valence-electron chi connectivity index (χ0n) is 11.3. The van der Waals surface area contributed by atoms with Crippen LogP contribution >= 0.6 is 0 Å². The summed E-state index contributed by atoms with van der Waals surface area (Å²) < 4.78 is 0. The monoisotopic (exact) mass is 250 g/mol. The molecule has 0 radical (unpaired) electrons. The Bertz CT molecular complexity index is 375. The number of amides is 2. The molecule has 1 aromatic carbocycles. The van der Waals surface area contributed by atoms with Gasteiger partial charge in [-0.25, -0.2) is 4.79 Å². The van der Waals surface area contributed by atoms with Gasteiger partial charge in [0.15, 0.2) is 0 Å². The molecule has 1 rings (SSSR count). The number of benzene rings is 1. The Kier molecular flexibility index (Phi) is 5.45. The number of nitrogens with one attached hydrogen (secondary N) is 1. The fourth-order valence-electron chi connectivity index (χ4n) is 1.51. The van der Waals surface area contributed by atoms with Gasteiger partial charge >= 0.3 is 6.03 Å². The Hall–Kier alpha value is -1.75. The third-order valence-electron chi connectivity index (χ3n) is 2.61. The molecule has 0 unspecified atom stereocenters. The number of anilines is 2. The number of rotatable bonds is 5. The minimum absolute atomic E-state index is 0.0986. The third-order valence-corrected chi connectivity index (χ3v) is 2.61. The first-order valence-corrected chi connectivity index (χ1v) is 6.01. The van der Waals surface area contributed by atoms with Crippen LogP contribution in [0, 0.1) is 0 Å². The summed E-state index contributed by atoms with van der Waals surface area (Å²) in [6.45, 7) is 1.71. The standard InChI is InChI=1S/C13H22N4O/c1-16(2)9-4-10-17(3)13(18)15-12-7-5-11(14)6-8-12/h5-8H,4,9-10,14H2,1-3H3,(H,15,18). The zero-order chi connectivity index (χ0) is 13.5. The maximum absolute atomic E-state index is 11.8. The molecule has 3 N–H and O–H groups in total. The highest BCUT2D eigenvalue weighted by Gasteiger charge is 2.08. The van der Waals surface area contributed by atoms with Gasteiger partial charge in [0.2, 0.25) is 0 Å². The molecular formula is C13H22N4O. The molecule has 0 heterocycles. The van der Waals surface area contributed by atoms with Crippen molar-refractivity contribution in [3.05, 3.63) is 24.3 Å². The van der Waals surface area contributed by atoms with Crippen LogP contribution in [0.2, 0.25) is 0 Å². The van der Waals surface area contributed by atoms with Gasteiger partial charge in [-0.1, -0.05) is 0 Å². The molecular weight excluding hydrogens is 228 g/mol. The van der Waals surface area contributed by atoms with Crippen LogP contribution in [0.3, 0.4) is 0 Å². The minimum Gasteiger partial charge on any atom is -0.399 e. The van der Waals surface area contributed by atoms with E-state index in [2.05, 4.69) is 10.2 Å².